The van der Waals surface area contributed by atoms with Gasteiger partial charge in [-0.3, -0.25) is 4.79 Å². The topological polar surface area (TPSA) is 64.6 Å². The predicted molar refractivity (Wildman–Crippen MR) is 78.5 cm³/mol. The maximum atomic E-state index is 11.4. The Labute approximate surface area is 122 Å². The molecule has 0 aliphatic rings. The lowest BCUT2D eigenvalue weighted by atomic mass is 9.93. The van der Waals surface area contributed by atoms with Gasteiger partial charge in [0, 0.05) is 13.0 Å². The molecular weight excluding hydrogens is 258 g/mol. The van der Waals surface area contributed by atoms with E-state index in [2.05, 4.69) is 26.1 Å². The van der Waals surface area contributed by atoms with Gasteiger partial charge >= 0.3 is 12.1 Å². The van der Waals surface area contributed by atoms with Crippen molar-refractivity contribution in [1.82, 2.24) is 5.32 Å². The number of rotatable bonds is 6. The first kappa shape index (κ1) is 18.7. The van der Waals surface area contributed by atoms with Crippen LogP contribution in [0.2, 0.25) is 0 Å². The molecule has 0 heterocycles. The van der Waals surface area contributed by atoms with Crippen molar-refractivity contribution in [2.24, 2.45) is 5.41 Å². The average molecular weight is 287 g/mol. The molecule has 0 saturated carbocycles. The van der Waals surface area contributed by atoms with Crippen LogP contribution >= 0.6 is 0 Å². The Morgan fingerprint density at radius 2 is 1.65 bits per heavy atom. The smallest absolute Gasteiger partial charge is 0.407 e. The van der Waals surface area contributed by atoms with Crippen LogP contribution in [-0.2, 0) is 14.3 Å². The van der Waals surface area contributed by atoms with E-state index >= 15 is 0 Å². The van der Waals surface area contributed by atoms with E-state index in [4.69, 9.17) is 9.47 Å². The minimum absolute atomic E-state index is 0.165. The van der Waals surface area contributed by atoms with Crippen molar-refractivity contribution < 1.29 is 19.1 Å². The Kier molecular flexibility index (Phi) is 7.61. The number of amides is 1. The first-order valence-corrected chi connectivity index (χ1v) is 7.12. The van der Waals surface area contributed by atoms with E-state index in [0.717, 1.165) is 6.42 Å². The number of carbonyl (C=O) groups excluding carboxylic acids is 2. The molecule has 0 aliphatic carbocycles. The van der Waals surface area contributed by atoms with Gasteiger partial charge in [-0.1, -0.05) is 20.8 Å². The van der Waals surface area contributed by atoms with Gasteiger partial charge in [0.25, 0.3) is 0 Å². The molecule has 5 heteroatoms. The van der Waals surface area contributed by atoms with Crippen LogP contribution in [0.25, 0.3) is 0 Å². The number of nitrogens with one attached hydrogen (secondary N) is 1. The van der Waals surface area contributed by atoms with Gasteiger partial charge in [-0.05, 0) is 39.0 Å². The second kappa shape index (κ2) is 8.12. The number of alkyl carbamates (subject to hydrolysis) is 1. The quantitative estimate of drug-likeness (QED) is 0.601. The third-order valence-electron chi connectivity index (χ3n) is 2.34. The van der Waals surface area contributed by atoms with Crippen molar-refractivity contribution in [2.45, 2.75) is 66.4 Å². The van der Waals surface area contributed by atoms with Gasteiger partial charge in [0.1, 0.15) is 5.60 Å². The number of esters is 1. The van der Waals surface area contributed by atoms with Crippen molar-refractivity contribution >= 4 is 12.1 Å². The summed E-state index contributed by atoms with van der Waals surface area (Å²) in [6.45, 7) is 12.6. The lowest BCUT2D eigenvalue weighted by molar-refractivity contribution is -0.144. The average Bonchev–Trinajstić information content (AvgIpc) is 2.20. The maximum Gasteiger partial charge on any atom is 0.407 e. The zero-order chi connectivity index (χ0) is 15.8. The van der Waals surface area contributed by atoms with E-state index < -0.39 is 11.7 Å². The van der Waals surface area contributed by atoms with Crippen LogP contribution in [0.3, 0.4) is 0 Å². The fourth-order valence-corrected chi connectivity index (χ4v) is 1.28. The molecule has 0 unspecified atom stereocenters. The molecule has 0 radical (unpaired) electrons. The molecule has 0 spiro atoms. The molecule has 0 aromatic carbocycles. The Morgan fingerprint density at radius 3 is 2.15 bits per heavy atom. The molecule has 0 aromatic rings. The van der Waals surface area contributed by atoms with E-state index in [9.17, 15) is 9.59 Å². The van der Waals surface area contributed by atoms with Gasteiger partial charge in [-0.15, -0.1) is 0 Å². The Balaban J connectivity index is 3.60. The van der Waals surface area contributed by atoms with E-state index in [1.165, 1.54) is 0 Å². The van der Waals surface area contributed by atoms with Gasteiger partial charge in [0.15, 0.2) is 0 Å². The zero-order valence-electron chi connectivity index (χ0n) is 13.7. The number of carbonyl (C=O) groups is 2. The molecule has 5 nitrogen and oxygen atoms in total. The fraction of sp³-hybridized carbons (Fsp3) is 0.867. The van der Waals surface area contributed by atoms with Crippen LogP contribution in [0.15, 0.2) is 0 Å². The Bertz CT molecular complexity index is 313. The van der Waals surface area contributed by atoms with E-state index in [1.54, 1.807) is 20.8 Å². The lowest BCUT2D eigenvalue weighted by Gasteiger charge is -2.19. The van der Waals surface area contributed by atoms with Crippen LogP contribution in [0, 0.1) is 5.41 Å². The molecule has 0 saturated heterocycles. The third kappa shape index (κ3) is 13.2. The van der Waals surface area contributed by atoms with Crippen molar-refractivity contribution in [3.8, 4) is 0 Å². The fourth-order valence-electron chi connectivity index (χ4n) is 1.28. The summed E-state index contributed by atoms with van der Waals surface area (Å²) in [5.74, 6) is -0.222. The lowest BCUT2D eigenvalue weighted by Crippen LogP contribution is -2.33. The molecule has 1 N–H and O–H groups in total. The summed E-state index contributed by atoms with van der Waals surface area (Å²) in [5, 5.41) is 2.61. The first-order chi connectivity index (χ1) is 8.99. The number of ether oxygens (including phenoxy) is 2. The number of hydrogen-bond donors (Lipinski definition) is 1. The van der Waals surface area contributed by atoms with Gasteiger partial charge in [0.05, 0.1) is 6.61 Å². The minimum Gasteiger partial charge on any atom is -0.466 e. The standard InChI is InChI=1S/C15H29NO4/c1-14(2,3)9-11-19-12(17)8-7-10-16-13(18)20-15(4,5)6/h7-11H2,1-6H3,(H,16,18). The molecule has 0 aromatic heterocycles. The van der Waals surface area contributed by atoms with Gasteiger partial charge < -0.3 is 14.8 Å². The minimum atomic E-state index is -0.504. The normalized spacial score (nSPS) is 11.9. The largest absolute Gasteiger partial charge is 0.466 e. The Hall–Kier alpha value is -1.26. The van der Waals surface area contributed by atoms with Crippen LogP contribution in [0.4, 0.5) is 4.79 Å². The molecule has 0 aliphatic heterocycles. The highest BCUT2D eigenvalue weighted by Crippen LogP contribution is 2.18. The van der Waals surface area contributed by atoms with E-state index in [-0.39, 0.29) is 11.4 Å². The summed E-state index contributed by atoms with van der Waals surface area (Å²) in [6.07, 6.45) is 1.24. The highest BCUT2D eigenvalue weighted by molar-refractivity contribution is 5.70. The predicted octanol–water partition coefficient (Wildman–Crippen LogP) is 3.27. The molecule has 0 atom stereocenters. The molecule has 0 rings (SSSR count). The summed E-state index contributed by atoms with van der Waals surface area (Å²) in [6, 6.07) is 0. The Morgan fingerprint density at radius 1 is 1.05 bits per heavy atom. The van der Waals surface area contributed by atoms with Crippen LogP contribution < -0.4 is 5.32 Å². The maximum absolute atomic E-state index is 11.4. The van der Waals surface area contributed by atoms with Gasteiger partial charge in [-0.2, -0.15) is 0 Å². The van der Waals surface area contributed by atoms with Gasteiger partial charge in [0.2, 0.25) is 0 Å². The summed E-state index contributed by atoms with van der Waals surface area (Å²) >= 11 is 0. The molecule has 1 amide bonds. The SMILES string of the molecule is CC(C)(C)CCOC(=O)CCCNC(=O)OC(C)(C)C. The van der Waals surface area contributed by atoms with Crippen molar-refractivity contribution in [1.29, 1.82) is 0 Å². The zero-order valence-corrected chi connectivity index (χ0v) is 13.7. The second-order valence-corrected chi connectivity index (χ2v) is 7.06. The summed E-state index contributed by atoms with van der Waals surface area (Å²) in [7, 11) is 0. The highest BCUT2D eigenvalue weighted by atomic mass is 16.6. The van der Waals surface area contributed by atoms with Crippen molar-refractivity contribution in [2.75, 3.05) is 13.2 Å². The van der Waals surface area contributed by atoms with Crippen LogP contribution in [-0.4, -0.2) is 30.8 Å². The first-order valence-electron chi connectivity index (χ1n) is 7.12. The van der Waals surface area contributed by atoms with Crippen molar-refractivity contribution in [3.63, 3.8) is 0 Å². The van der Waals surface area contributed by atoms with Gasteiger partial charge in [-0.25, -0.2) is 4.79 Å². The van der Waals surface area contributed by atoms with E-state index in [1.807, 2.05) is 0 Å². The van der Waals surface area contributed by atoms with Crippen LogP contribution in [0.5, 0.6) is 0 Å². The highest BCUT2D eigenvalue weighted by Gasteiger charge is 2.15. The summed E-state index contributed by atoms with van der Waals surface area (Å²) in [5.41, 5.74) is -0.339. The number of hydrogen-bond acceptors (Lipinski definition) is 4. The molecule has 20 heavy (non-hydrogen) atoms. The van der Waals surface area contributed by atoms with Crippen LogP contribution in [0.1, 0.15) is 60.8 Å². The summed E-state index contributed by atoms with van der Waals surface area (Å²) in [4.78, 5) is 22.8. The third-order valence-corrected chi connectivity index (χ3v) is 2.34. The molecule has 0 fully saturated rings. The second-order valence-electron chi connectivity index (χ2n) is 7.06. The van der Waals surface area contributed by atoms with Crippen molar-refractivity contribution in [3.05, 3.63) is 0 Å². The summed E-state index contributed by atoms with van der Waals surface area (Å²) < 4.78 is 10.2. The molecule has 118 valence electrons. The monoisotopic (exact) mass is 287 g/mol. The molecule has 0 bridgehead atoms. The van der Waals surface area contributed by atoms with E-state index in [0.29, 0.717) is 26.0 Å². The molecular formula is C15H29NO4.